The van der Waals surface area contributed by atoms with Gasteiger partial charge < -0.3 is 11.1 Å². The maximum atomic E-state index is 8.73. The number of hydrogen-bond acceptors (Lipinski definition) is 5. The van der Waals surface area contributed by atoms with E-state index in [9.17, 15) is 0 Å². The number of nitrogens with zero attached hydrogens (tertiary/aromatic N) is 2. The van der Waals surface area contributed by atoms with E-state index in [1.807, 2.05) is 17.5 Å². The van der Waals surface area contributed by atoms with Crippen LogP contribution in [0.25, 0.3) is 0 Å². The molecule has 0 aliphatic heterocycles. The molecule has 0 aliphatic carbocycles. The molecule has 0 fully saturated rings. The standard InChI is InChI=1S/C11H10N4S/c12-4-8-1-2-9(3-11(8)13)14-5-10-6-16-7-15-10/h1-3,6-7,14H,5,13H2. The van der Waals surface area contributed by atoms with Gasteiger partial charge in [-0.2, -0.15) is 5.26 Å². The van der Waals surface area contributed by atoms with Crippen LogP contribution in [0.1, 0.15) is 11.3 Å². The molecule has 0 amide bonds. The summed E-state index contributed by atoms with van der Waals surface area (Å²) in [5.74, 6) is 0. The van der Waals surface area contributed by atoms with Crippen LogP contribution in [-0.4, -0.2) is 4.98 Å². The fraction of sp³-hybridized carbons (Fsp3) is 0.0909. The smallest absolute Gasteiger partial charge is 0.101 e. The van der Waals surface area contributed by atoms with Crippen molar-refractivity contribution in [2.75, 3.05) is 11.1 Å². The molecular weight excluding hydrogens is 220 g/mol. The van der Waals surface area contributed by atoms with E-state index in [2.05, 4.69) is 10.3 Å². The fourth-order valence-electron chi connectivity index (χ4n) is 1.29. The number of anilines is 2. The average Bonchev–Trinajstić information content (AvgIpc) is 2.79. The number of rotatable bonds is 3. The van der Waals surface area contributed by atoms with Gasteiger partial charge in [0, 0.05) is 11.1 Å². The van der Waals surface area contributed by atoms with Crippen LogP contribution in [0.2, 0.25) is 0 Å². The van der Waals surface area contributed by atoms with Crippen LogP contribution in [0.3, 0.4) is 0 Å². The van der Waals surface area contributed by atoms with Crippen LogP contribution >= 0.6 is 11.3 Å². The van der Waals surface area contributed by atoms with Gasteiger partial charge in [-0.25, -0.2) is 4.98 Å². The van der Waals surface area contributed by atoms with Crippen molar-refractivity contribution >= 4 is 22.7 Å². The summed E-state index contributed by atoms with van der Waals surface area (Å²) in [6.45, 7) is 0.662. The summed E-state index contributed by atoms with van der Waals surface area (Å²) < 4.78 is 0. The third-order valence-electron chi connectivity index (χ3n) is 2.13. The second-order valence-corrected chi connectivity index (χ2v) is 3.97. The van der Waals surface area contributed by atoms with Crippen LogP contribution in [-0.2, 0) is 6.54 Å². The first kappa shape index (κ1) is 10.5. The van der Waals surface area contributed by atoms with E-state index in [1.54, 1.807) is 29.0 Å². The van der Waals surface area contributed by atoms with Gasteiger partial charge in [0.15, 0.2) is 0 Å². The van der Waals surface area contributed by atoms with Crippen LogP contribution < -0.4 is 11.1 Å². The van der Waals surface area contributed by atoms with Gasteiger partial charge in [-0.1, -0.05) is 0 Å². The molecule has 5 heteroatoms. The lowest BCUT2D eigenvalue weighted by Gasteiger charge is -2.06. The van der Waals surface area contributed by atoms with E-state index in [1.165, 1.54) is 0 Å². The number of thiazole rings is 1. The molecule has 0 atom stereocenters. The Balaban J connectivity index is 2.06. The van der Waals surface area contributed by atoms with Crippen molar-refractivity contribution in [3.05, 3.63) is 40.3 Å². The molecular formula is C11H10N4S. The van der Waals surface area contributed by atoms with Gasteiger partial charge in [0.25, 0.3) is 0 Å². The lowest BCUT2D eigenvalue weighted by Crippen LogP contribution is -2.00. The van der Waals surface area contributed by atoms with Crippen LogP contribution in [0.5, 0.6) is 0 Å². The van der Waals surface area contributed by atoms with Gasteiger partial charge in [-0.05, 0) is 18.2 Å². The average molecular weight is 230 g/mol. The van der Waals surface area contributed by atoms with Gasteiger partial charge >= 0.3 is 0 Å². The van der Waals surface area contributed by atoms with Gasteiger partial charge in [-0.3, -0.25) is 0 Å². The number of nitrogens with two attached hydrogens (primary N) is 1. The lowest BCUT2D eigenvalue weighted by molar-refractivity contribution is 1.07. The Morgan fingerprint density at radius 3 is 3.00 bits per heavy atom. The quantitative estimate of drug-likeness (QED) is 0.793. The zero-order valence-electron chi connectivity index (χ0n) is 8.47. The van der Waals surface area contributed by atoms with Crippen molar-refractivity contribution in [1.29, 1.82) is 5.26 Å². The molecule has 2 rings (SSSR count). The zero-order chi connectivity index (χ0) is 11.4. The van der Waals surface area contributed by atoms with Crippen molar-refractivity contribution in [2.24, 2.45) is 0 Å². The third kappa shape index (κ3) is 2.30. The molecule has 0 bridgehead atoms. The zero-order valence-corrected chi connectivity index (χ0v) is 9.29. The molecule has 1 heterocycles. The first-order chi connectivity index (χ1) is 7.79. The third-order valence-corrected chi connectivity index (χ3v) is 2.76. The van der Waals surface area contributed by atoms with Gasteiger partial charge in [0.05, 0.1) is 29.0 Å². The minimum absolute atomic E-state index is 0.491. The number of nitrogen functional groups attached to an aromatic ring is 1. The van der Waals surface area contributed by atoms with Gasteiger partial charge in [0.1, 0.15) is 6.07 Å². The van der Waals surface area contributed by atoms with Crippen molar-refractivity contribution in [2.45, 2.75) is 6.54 Å². The Hall–Kier alpha value is -2.06. The first-order valence-corrected chi connectivity index (χ1v) is 5.64. The van der Waals surface area contributed by atoms with Crippen LogP contribution in [0.4, 0.5) is 11.4 Å². The summed E-state index contributed by atoms with van der Waals surface area (Å²) in [7, 11) is 0. The predicted octanol–water partition coefficient (Wildman–Crippen LogP) is 2.21. The largest absolute Gasteiger partial charge is 0.398 e. The Bertz CT molecular complexity index is 513. The Morgan fingerprint density at radius 2 is 2.38 bits per heavy atom. The van der Waals surface area contributed by atoms with Gasteiger partial charge in [0.2, 0.25) is 0 Å². The second kappa shape index (κ2) is 4.64. The summed E-state index contributed by atoms with van der Waals surface area (Å²) in [6.07, 6.45) is 0. The SMILES string of the molecule is N#Cc1ccc(NCc2cscn2)cc1N. The lowest BCUT2D eigenvalue weighted by atomic mass is 10.2. The summed E-state index contributed by atoms with van der Waals surface area (Å²) in [5.41, 5.74) is 10.4. The molecule has 4 nitrogen and oxygen atoms in total. The molecule has 80 valence electrons. The van der Waals surface area contributed by atoms with E-state index < -0.39 is 0 Å². The minimum atomic E-state index is 0.491. The second-order valence-electron chi connectivity index (χ2n) is 3.25. The van der Waals surface area contributed by atoms with Crippen molar-refractivity contribution in [1.82, 2.24) is 4.98 Å². The fourth-order valence-corrected chi connectivity index (χ4v) is 1.85. The molecule has 0 saturated heterocycles. The van der Waals surface area contributed by atoms with E-state index in [0.29, 0.717) is 17.8 Å². The van der Waals surface area contributed by atoms with Crippen molar-refractivity contribution in [3.63, 3.8) is 0 Å². The monoisotopic (exact) mass is 230 g/mol. The summed E-state index contributed by atoms with van der Waals surface area (Å²) in [6, 6.07) is 7.33. The molecule has 1 aromatic carbocycles. The normalized spacial score (nSPS) is 9.69. The highest BCUT2D eigenvalue weighted by molar-refractivity contribution is 7.07. The molecule has 0 unspecified atom stereocenters. The topological polar surface area (TPSA) is 74.7 Å². The Labute approximate surface area is 97.4 Å². The molecule has 1 aromatic heterocycles. The summed E-state index contributed by atoms with van der Waals surface area (Å²) in [4.78, 5) is 4.16. The maximum Gasteiger partial charge on any atom is 0.101 e. The highest BCUT2D eigenvalue weighted by atomic mass is 32.1. The van der Waals surface area contributed by atoms with Crippen LogP contribution in [0.15, 0.2) is 29.1 Å². The Morgan fingerprint density at radius 1 is 1.50 bits per heavy atom. The number of hydrogen-bond donors (Lipinski definition) is 2. The van der Waals surface area contributed by atoms with E-state index in [4.69, 9.17) is 11.0 Å². The molecule has 0 spiro atoms. The number of aromatic nitrogens is 1. The van der Waals surface area contributed by atoms with E-state index in [0.717, 1.165) is 11.4 Å². The highest BCUT2D eigenvalue weighted by Gasteiger charge is 2.00. The highest BCUT2D eigenvalue weighted by Crippen LogP contribution is 2.17. The predicted molar refractivity (Wildman–Crippen MR) is 65.0 cm³/mol. The number of nitrogens with one attached hydrogen (secondary N) is 1. The Kier molecular flexibility index (Phi) is 3.03. The maximum absolute atomic E-state index is 8.73. The molecule has 0 radical (unpaired) electrons. The molecule has 2 aromatic rings. The van der Waals surface area contributed by atoms with E-state index >= 15 is 0 Å². The first-order valence-electron chi connectivity index (χ1n) is 4.70. The van der Waals surface area contributed by atoms with E-state index in [-0.39, 0.29) is 0 Å². The summed E-state index contributed by atoms with van der Waals surface area (Å²) in [5, 5.41) is 13.9. The number of benzene rings is 1. The molecule has 16 heavy (non-hydrogen) atoms. The number of nitriles is 1. The molecule has 0 aliphatic rings. The molecule has 3 N–H and O–H groups in total. The molecule has 0 saturated carbocycles. The summed E-state index contributed by atoms with van der Waals surface area (Å²) >= 11 is 1.57. The van der Waals surface area contributed by atoms with Crippen LogP contribution in [0, 0.1) is 11.3 Å². The van der Waals surface area contributed by atoms with Crippen molar-refractivity contribution in [3.8, 4) is 6.07 Å². The minimum Gasteiger partial charge on any atom is -0.398 e. The van der Waals surface area contributed by atoms with Crippen molar-refractivity contribution < 1.29 is 0 Å². The van der Waals surface area contributed by atoms with Gasteiger partial charge in [-0.15, -0.1) is 11.3 Å².